The Labute approximate surface area is 227 Å². The fourth-order valence-corrected chi connectivity index (χ4v) is 5.09. The van der Waals surface area contributed by atoms with Crippen LogP contribution in [-0.2, 0) is 9.59 Å². The lowest BCUT2D eigenvalue weighted by Gasteiger charge is -2.29. The van der Waals surface area contributed by atoms with Gasteiger partial charge in [0.15, 0.2) is 0 Å². The van der Waals surface area contributed by atoms with E-state index in [-0.39, 0.29) is 0 Å². The normalized spacial score (nSPS) is 16.3. The quantitative estimate of drug-likeness (QED) is 0.150. The van der Waals surface area contributed by atoms with Crippen LogP contribution in [0.1, 0.15) is 101 Å². The highest BCUT2D eigenvalue weighted by Gasteiger charge is 2.41. The molecule has 0 fully saturated rings. The molecule has 2 aromatic carbocycles. The number of hydrogen-bond donors (Lipinski definition) is 4. The standard InChI is InChI=1S/C32H46O6/c1-3-5-7-15-21-25(23-17-11-9-12-18-23)27(33)29(35)31(37)32(38)30(36)28(34)26(22-16-8-6-4-2)24-19-13-10-14-20-24/h9-14,17-20,25-30,33-36H,3-8,15-16,21-22H2,1-2H3/t25?,26?,27?,28?,29-,30+. The number of aliphatic hydroxyl groups excluding tert-OH is 4. The fraction of sp³-hybridized carbons (Fsp3) is 0.562. The Morgan fingerprint density at radius 3 is 1.21 bits per heavy atom. The average molecular weight is 527 g/mol. The molecule has 2 aromatic rings. The van der Waals surface area contributed by atoms with E-state index in [1.165, 1.54) is 0 Å². The van der Waals surface area contributed by atoms with Gasteiger partial charge >= 0.3 is 0 Å². The molecule has 0 heterocycles. The highest BCUT2D eigenvalue weighted by Crippen LogP contribution is 2.30. The molecule has 0 aliphatic rings. The van der Waals surface area contributed by atoms with E-state index < -0.39 is 47.8 Å². The number of carbonyl (C=O) groups excluding carboxylic acids is 2. The molecule has 4 unspecified atom stereocenters. The SMILES string of the molecule is CCCCCCC(c1ccccc1)C(O)[C@H](O)C(=O)C(=O)[C@H](O)C(O)C(CCCCCC)c1ccccc1. The number of benzene rings is 2. The minimum absolute atomic E-state index is 0.544. The molecule has 0 bridgehead atoms. The summed E-state index contributed by atoms with van der Waals surface area (Å²) >= 11 is 0. The van der Waals surface area contributed by atoms with Crippen molar-refractivity contribution in [1.82, 2.24) is 0 Å². The summed E-state index contributed by atoms with van der Waals surface area (Å²) in [7, 11) is 0. The Kier molecular flexibility index (Phi) is 14.5. The Balaban J connectivity index is 2.15. The topological polar surface area (TPSA) is 115 Å². The lowest BCUT2D eigenvalue weighted by molar-refractivity contribution is -0.153. The molecule has 4 N–H and O–H groups in total. The van der Waals surface area contributed by atoms with Crippen molar-refractivity contribution in [3.63, 3.8) is 0 Å². The van der Waals surface area contributed by atoms with Crippen LogP contribution in [-0.4, -0.2) is 56.4 Å². The van der Waals surface area contributed by atoms with Crippen LogP contribution < -0.4 is 0 Å². The highest BCUT2D eigenvalue weighted by atomic mass is 16.3. The van der Waals surface area contributed by atoms with Crippen LogP contribution in [0, 0.1) is 0 Å². The maximum absolute atomic E-state index is 13.0. The molecule has 0 radical (unpaired) electrons. The van der Waals surface area contributed by atoms with Gasteiger partial charge in [0.1, 0.15) is 12.2 Å². The van der Waals surface area contributed by atoms with E-state index in [4.69, 9.17) is 0 Å². The van der Waals surface area contributed by atoms with Crippen molar-refractivity contribution < 1.29 is 30.0 Å². The van der Waals surface area contributed by atoms with E-state index in [0.29, 0.717) is 12.8 Å². The van der Waals surface area contributed by atoms with Gasteiger partial charge in [-0.2, -0.15) is 0 Å². The van der Waals surface area contributed by atoms with Crippen molar-refractivity contribution in [3.05, 3.63) is 71.8 Å². The predicted octanol–water partition coefficient (Wildman–Crippen LogP) is 5.08. The zero-order valence-electron chi connectivity index (χ0n) is 22.9. The number of hydrogen-bond acceptors (Lipinski definition) is 6. The van der Waals surface area contributed by atoms with Crippen molar-refractivity contribution in [3.8, 4) is 0 Å². The van der Waals surface area contributed by atoms with Crippen LogP contribution in [0.15, 0.2) is 60.7 Å². The highest BCUT2D eigenvalue weighted by molar-refractivity contribution is 6.40. The first kappa shape index (κ1) is 31.8. The first-order valence-corrected chi connectivity index (χ1v) is 14.2. The molecular weight excluding hydrogens is 480 g/mol. The average Bonchev–Trinajstić information content (AvgIpc) is 2.96. The predicted molar refractivity (Wildman–Crippen MR) is 150 cm³/mol. The number of Topliss-reactive ketones (excluding diaryl/α,β-unsaturated/α-hetero) is 2. The second-order valence-electron chi connectivity index (χ2n) is 10.3. The van der Waals surface area contributed by atoms with E-state index >= 15 is 0 Å². The molecule has 0 amide bonds. The van der Waals surface area contributed by atoms with Gasteiger partial charge in [-0.25, -0.2) is 0 Å². The first-order valence-electron chi connectivity index (χ1n) is 14.2. The van der Waals surface area contributed by atoms with E-state index in [9.17, 15) is 30.0 Å². The van der Waals surface area contributed by atoms with Crippen molar-refractivity contribution in [2.24, 2.45) is 0 Å². The van der Waals surface area contributed by atoms with Crippen molar-refractivity contribution in [1.29, 1.82) is 0 Å². The molecule has 210 valence electrons. The molecule has 0 saturated heterocycles. The van der Waals surface area contributed by atoms with E-state index in [1.54, 1.807) is 0 Å². The van der Waals surface area contributed by atoms with Crippen LogP contribution in [0.5, 0.6) is 0 Å². The van der Waals surface area contributed by atoms with Crippen molar-refractivity contribution in [2.45, 2.75) is 114 Å². The number of rotatable bonds is 19. The van der Waals surface area contributed by atoms with Crippen LogP contribution in [0.2, 0.25) is 0 Å². The number of unbranched alkanes of at least 4 members (excludes halogenated alkanes) is 6. The lowest BCUT2D eigenvalue weighted by Crippen LogP contribution is -2.48. The van der Waals surface area contributed by atoms with Gasteiger partial charge in [-0.15, -0.1) is 0 Å². The van der Waals surface area contributed by atoms with Gasteiger partial charge in [0.2, 0.25) is 11.6 Å². The molecule has 0 aliphatic carbocycles. The van der Waals surface area contributed by atoms with Gasteiger partial charge in [-0.05, 0) is 24.0 Å². The minimum Gasteiger partial charge on any atom is -0.389 e. The maximum Gasteiger partial charge on any atom is 0.232 e. The lowest BCUT2D eigenvalue weighted by atomic mass is 9.82. The molecule has 0 spiro atoms. The summed E-state index contributed by atoms with van der Waals surface area (Å²) in [5.74, 6) is -3.65. The summed E-state index contributed by atoms with van der Waals surface area (Å²) in [6.45, 7) is 4.20. The van der Waals surface area contributed by atoms with Crippen molar-refractivity contribution >= 4 is 11.6 Å². The molecule has 6 nitrogen and oxygen atoms in total. The smallest absolute Gasteiger partial charge is 0.232 e. The number of aliphatic hydroxyl groups is 4. The first-order chi connectivity index (χ1) is 18.3. The number of ketones is 2. The van der Waals surface area contributed by atoms with Crippen LogP contribution >= 0.6 is 0 Å². The second-order valence-corrected chi connectivity index (χ2v) is 10.3. The molecule has 0 aromatic heterocycles. The van der Waals surface area contributed by atoms with Gasteiger partial charge < -0.3 is 20.4 Å². The van der Waals surface area contributed by atoms with E-state index in [2.05, 4.69) is 13.8 Å². The van der Waals surface area contributed by atoms with Crippen LogP contribution in [0.4, 0.5) is 0 Å². The van der Waals surface area contributed by atoms with Gasteiger partial charge in [0.25, 0.3) is 0 Å². The third-order valence-electron chi connectivity index (χ3n) is 7.44. The molecular formula is C32H46O6. The summed E-state index contributed by atoms with van der Waals surface area (Å²) in [5.41, 5.74) is 1.54. The Morgan fingerprint density at radius 1 is 0.553 bits per heavy atom. The zero-order valence-corrected chi connectivity index (χ0v) is 22.9. The molecule has 2 rings (SSSR count). The Morgan fingerprint density at radius 2 is 0.895 bits per heavy atom. The number of carbonyl (C=O) groups is 2. The second kappa shape index (κ2) is 17.3. The van der Waals surface area contributed by atoms with Gasteiger partial charge in [-0.3, -0.25) is 9.59 Å². The van der Waals surface area contributed by atoms with Crippen LogP contribution in [0.25, 0.3) is 0 Å². The van der Waals surface area contributed by atoms with E-state index in [0.717, 1.165) is 62.5 Å². The molecule has 38 heavy (non-hydrogen) atoms. The minimum atomic E-state index is -2.00. The van der Waals surface area contributed by atoms with E-state index in [1.807, 2.05) is 60.7 Å². The van der Waals surface area contributed by atoms with Gasteiger partial charge in [0.05, 0.1) is 12.2 Å². The zero-order chi connectivity index (χ0) is 27.9. The monoisotopic (exact) mass is 526 g/mol. The molecule has 6 heteroatoms. The summed E-state index contributed by atoms with van der Waals surface area (Å²) in [6, 6.07) is 18.3. The third kappa shape index (κ3) is 9.42. The van der Waals surface area contributed by atoms with Gasteiger partial charge in [-0.1, -0.05) is 126 Å². The molecule has 0 saturated carbocycles. The van der Waals surface area contributed by atoms with Crippen LogP contribution in [0.3, 0.4) is 0 Å². The Bertz CT molecular complexity index is 854. The summed E-state index contributed by atoms with van der Waals surface area (Å²) in [6.07, 6.45) is 1.78. The summed E-state index contributed by atoms with van der Waals surface area (Å²) < 4.78 is 0. The summed E-state index contributed by atoms with van der Waals surface area (Å²) in [5, 5.41) is 43.6. The third-order valence-corrected chi connectivity index (χ3v) is 7.44. The summed E-state index contributed by atoms with van der Waals surface area (Å²) in [4.78, 5) is 25.9. The Hall–Kier alpha value is -2.38. The van der Waals surface area contributed by atoms with Crippen molar-refractivity contribution in [2.75, 3.05) is 0 Å². The van der Waals surface area contributed by atoms with Gasteiger partial charge in [0, 0.05) is 11.8 Å². The fourth-order valence-electron chi connectivity index (χ4n) is 5.09. The largest absolute Gasteiger partial charge is 0.389 e. The molecule has 0 aliphatic heterocycles. The maximum atomic E-state index is 13.0. The molecule has 6 atom stereocenters.